The summed E-state index contributed by atoms with van der Waals surface area (Å²) in [7, 11) is 0. The van der Waals surface area contributed by atoms with E-state index in [1.54, 1.807) is 0 Å². The monoisotopic (exact) mass is 229 g/mol. The van der Waals surface area contributed by atoms with Gasteiger partial charge in [-0.05, 0) is 18.9 Å². The van der Waals surface area contributed by atoms with Gasteiger partial charge < -0.3 is 10.1 Å². The summed E-state index contributed by atoms with van der Waals surface area (Å²) in [5, 5.41) is 12.9. The number of aromatic nitrogens is 2. The van der Waals surface area contributed by atoms with Crippen LogP contribution >= 0.6 is 11.3 Å². The quantitative estimate of drug-likeness (QED) is 0.777. The van der Waals surface area contributed by atoms with E-state index in [-0.39, 0.29) is 0 Å². The molecule has 0 amide bonds. The Morgan fingerprint density at radius 2 is 2.20 bits per heavy atom. The molecule has 5 heteroatoms. The van der Waals surface area contributed by atoms with E-state index < -0.39 is 0 Å². The summed E-state index contributed by atoms with van der Waals surface area (Å²) in [6, 6.07) is 0. The lowest BCUT2D eigenvalue weighted by atomic mass is 10.1. The van der Waals surface area contributed by atoms with Gasteiger partial charge in [0.2, 0.25) is 0 Å². The fraction of sp³-hybridized carbons (Fsp3) is 0.800. The third-order valence-electron chi connectivity index (χ3n) is 1.90. The molecule has 0 aliphatic carbocycles. The lowest BCUT2D eigenvalue weighted by Gasteiger charge is -2.03. The van der Waals surface area contributed by atoms with Gasteiger partial charge in [0.05, 0.1) is 6.61 Å². The zero-order valence-corrected chi connectivity index (χ0v) is 10.4. The molecule has 0 saturated carbocycles. The first-order valence-corrected chi connectivity index (χ1v) is 6.20. The highest BCUT2D eigenvalue weighted by molar-refractivity contribution is 7.13. The molecule has 1 aromatic rings. The summed E-state index contributed by atoms with van der Waals surface area (Å²) in [5.41, 5.74) is 0. The van der Waals surface area contributed by atoms with E-state index in [0.717, 1.165) is 31.1 Å². The minimum absolute atomic E-state index is 0.666. The molecular weight excluding hydrogens is 210 g/mol. The average Bonchev–Trinajstić information content (AvgIpc) is 2.62. The molecule has 1 N–H and O–H groups in total. The summed E-state index contributed by atoms with van der Waals surface area (Å²) in [5.74, 6) is 0.666. The zero-order chi connectivity index (χ0) is 11.1. The standard InChI is InChI=1S/C10H19N3OS/c1-4-11-7-9-12-13-10(15-9)14-6-5-8(2)3/h8,11H,4-7H2,1-3H3. The van der Waals surface area contributed by atoms with Gasteiger partial charge >= 0.3 is 0 Å². The molecule has 1 aromatic heterocycles. The van der Waals surface area contributed by atoms with Crippen molar-refractivity contribution < 1.29 is 4.74 Å². The largest absolute Gasteiger partial charge is 0.469 e. The highest BCUT2D eigenvalue weighted by Gasteiger charge is 2.04. The van der Waals surface area contributed by atoms with E-state index in [1.807, 2.05) is 0 Å². The molecule has 0 aromatic carbocycles. The Hall–Kier alpha value is -0.680. The summed E-state index contributed by atoms with van der Waals surface area (Å²) >= 11 is 1.52. The van der Waals surface area contributed by atoms with Crippen LogP contribution in [0.3, 0.4) is 0 Å². The van der Waals surface area contributed by atoms with Crippen LogP contribution in [0.5, 0.6) is 5.19 Å². The Morgan fingerprint density at radius 3 is 2.87 bits per heavy atom. The Morgan fingerprint density at radius 1 is 1.40 bits per heavy atom. The van der Waals surface area contributed by atoms with E-state index in [1.165, 1.54) is 11.3 Å². The maximum Gasteiger partial charge on any atom is 0.294 e. The molecule has 1 rings (SSSR count). The van der Waals surface area contributed by atoms with Crippen LogP contribution in [-0.4, -0.2) is 23.3 Å². The highest BCUT2D eigenvalue weighted by Crippen LogP contribution is 2.18. The molecule has 86 valence electrons. The van der Waals surface area contributed by atoms with Gasteiger partial charge in [0.25, 0.3) is 5.19 Å². The third-order valence-corrected chi connectivity index (χ3v) is 2.73. The van der Waals surface area contributed by atoms with E-state index in [4.69, 9.17) is 4.74 Å². The maximum atomic E-state index is 5.49. The first kappa shape index (κ1) is 12.4. The smallest absolute Gasteiger partial charge is 0.294 e. The third kappa shape index (κ3) is 5.09. The molecule has 15 heavy (non-hydrogen) atoms. The fourth-order valence-electron chi connectivity index (χ4n) is 0.982. The Balaban J connectivity index is 2.26. The molecular formula is C10H19N3OS. The summed E-state index contributed by atoms with van der Waals surface area (Å²) in [4.78, 5) is 0. The predicted octanol–water partition coefficient (Wildman–Crippen LogP) is 2.07. The second kappa shape index (κ2) is 6.74. The second-order valence-corrected chi connectivity index (χ2v) is 4.80. The van der Waals surface area contributed by atoms with Crippen molar-refractivity contribution in [3.8, 4) is 5.19 Å². The predicted molar refractivity (Wildman–Crippen MR) is 62.2 cm³/mol. The SMILES string of the molecule is CCNCc1nnc(OCCC(C)C)s1. The van der Waals surface area contributed by atoms with Crippen LogP contribution in [0.4, 0.5) is 0 Å². The molecule has 0 aliphatic rings. The van der Waals surface area contributed by atoms with Crippen LogP contribution < -0.4 is 10.1 Å². The van der Waals surface area contributed by atoms with Crippen LogP contribution in [0.1, 0.15) is 32.2 Å². The van der Waals surface area contributed by atoms with Gasteiger partial charge in [0, 0.05) is 6.54 Å². The van der Waals surface area contributed by atoms with Crippen LogP contribution in [0.15, 0.2) is 0 Å². The van der Waals surface area contributed by atoms with Crippen LogP contribution in [0.25, 0.3) is 0 Å². The van der Waals surface area contributed by atoms with Gasteiger partial charge in [0.1, 0.15) is 5.01 Å². The van der Waals surface area contributed by atoms with Gasteiger partial charge in [-0.15, -0.1) is 10.2 Å². The topological polar surface area (TPSA) is 47.0 Å². The number of hydrogen-bond acceptors (Lipinski definition) is 5. The van der Waals surface area contributed by atoms with Crippen molar-refractivity contribution in [3.05, 3.63) is 5.01 Å². The van der Waals surface area contributed by atoms with Crippen molar-refractivity contribution in [2.45, 2.75) is 33.7 Å². The molecule has 1 heterocycles. The highest BCUT2D eigenvalue weighted by atomic mass is 32.1. The van der Waals surface area contributed by atoms with E-state index in [9.17, 15) is 0 Å². The molecule has 0 atom stereocenters. The van der Waals surface area contributed by atoms with Crippen LogP contribution in [-0.2, 0) is 6.54 Å². The molecule has 0 saturated heterocycles. The van der Waals surface area contributed by atoms with Crippen molar-refractivity contribution in [1.82, 2.24) is 15.5 Å². The molecule has 0 radical (unpaired) electrons. The summed E-state index contributed by atoms with van der Waals surface area (Å²) < 4.78 is 5.49. The number of hydrogen-bond donors (Lipinski definition) is 1. The molecule has 0 unspecified atom stereocenters. The Labute approximate surface area is 95.1 Å². The number of nitrogens with one attached hydrogen (secondary N) is 1. The number of rotatable bonds is 7. The van der Waals surface area contributed by atoms with Gasteiger partial charge in [0.15, 0.2) is 0 Å². The molecule has 4 nitrogen and oxygen atoms in total. The van der Waals surface area contributed by atoms with Gasteiger partial charge in [-0.25, -0.2) is 0 Å². The Kier molecular flexibility index (Phi) is 5.57. The Bertz CT molecular complexity index is 275. The number of nitrogens with zero attached hydrogens (tertiary/aromatic N) is 2. The average molecular weight is 229 g/mol. The maximum absolute atomic E-state index is 5.49. The summed E-state index contributed by atoms with van der Waals surface area (Å²) in [6.45, 7) is 8.89. The van der Waals surface area contributed by atoms with Crippen molar-refractivity contribution in [2.24, 2.45) is 5.92 Å². The van der Waals surface area contributed by atoms with E-state index in [0.29, 0.717) is 11.1 Å². The van der Waals surface area contributed by atoms with Crippen molar-refractivity contribution in [3.63, 3.8) is 0 Å². The molecule has 0 spiro atoms. The van der Waals surface area contributed by atoms with Gasteiger partial charge in [-0.2, -0.15) is 0 Å². The van der Waals surface area contributed by atoms with Gasteiger partial charge in [-0.1, -0.05) is 32.1 Å². The lowest BCUT2D eigenvalue weighted by molar-refractivity contribution is 0.286. The van der Waals surface area contributed by atoms with Crippen molar-refractivity contribution in [2.75, 3.05) is 13.2 Å². The fourth-order valence-corrected chi connectivity index (χ4v) is 1.66. The minimum Gasteiger partial charge on any atom is -0.469 e. The van der Waals surface area contributed by atoms with Crippen LogP contribution in [0.2, 0.25) is 0 Å². The van der Waals surface area contributed by atoms with Crippen molar-refractivity contribution >= 4 is 11.3 Å². The lowest BCUT2D eigenvalue weighted by Crippen LogP contribution is -2.11. The molecule has 0 aliphatic heterocycles. The van der Waals surface area contributed by atoms with Crippen LogP contribution in [0, 0.1) is 5.92 Å². The first-order chi connectivity index (χ1) is 7.22. The van der Waals surface area contributed by atoms with Gasteiger partial charge in [-0.3, -0.25) is 0 Å². The van der Waals surface area contributed by atoms with E-state index in [2.05, 4.69) is 36.3 Å². The minimum atomic E-state index is 0.666. The zero-order valence-electron chi connectivity index (χ0n) is 9.62. The summed E-state index contributed by atoms with van der Waals surface area (Å²) in [6.07, 6.45) is 1.06. The molecule has 0 bridgehead atoms. The number of ether oxygens (including phenoxy) is 1. The van der Waals surface area contributed by atoms with Crippen molar-refractivity contribution in [1.29, 1.82) is 0 Å². The first-order valence-electron chi connectivity index (χ1n) is 5.38. The second-order valence-electron chi connectivity index (χ2n) is 3.77. The molecule has 0 fully saturated rings. The van der Waals surface area contributed by atoms with E-state index >= 15 is 0 Å². The normalized spacial score (nSPS) is 10.9.